The van der Waals surface area contributed by atoms with Crippen molar-refractivity contribution >= 4 is 6.08 Å². The summed E-state index contributed by atoms with van der Waals surface area (Å²) in [6.45, 7) is 8.46. The zero-order valence-electron chi connectivity index (χ0n) is 17.4. The number of benzene rings is 2. The number of rotatable bonds is 4. The second-order valence-corrected chi connectivity index (χ2v) is 8.53. The van der Waals surface area contributed by atoms with E-state index in [4.69, 9.17) is 0 Å². The van der Waals surface area contributed by atoms with Gasteiger partial charge in [-0.1, -0.05) is 30.7 Å². The summed E-state index contributed by atoms with van der Waals surface area (Å²) in [5.41, 5.74) is 7.39. The number of halogens is 1. The first-order chi connectivity index (χ1) is 13.8. The molecule has 1 heterocycles. The number of aromatic nitrogens is 2. The molecule has 1 unspecified atom stereocenters. The van der Waals surface area contributed by atoms with Gasteiger partial charge >= 0.3 is 0 Å². The number of fused-ring (bicyclic) bond motifs is 1. The van der Waals surface area contributed by atoms with Gasteiger partial charge in [-0.15, -0.1) is 0 Å². The Morgan fingerprint density at radius 1 is 1.10 bits per heavy atom. The molecule has 1 aliphatic rings. The van der Waals surface area contributed by atoms with Crippen LogP contribution in [0.25, 0.3) is 11.8 Å². The Morgan fingerprint density at radius 2 is 1.76 bits per heavy atom. The van der Waals surface area contributed by atoms with Crippen molar-refractivity contribution in [2.45, 2.75) is 46.6 Å². The van der Waals surface area contributed by atoms with Gasteiger partial charge in [0.2, 0.25) is 0 Å². The summed E-state index contributed by atoms with van der Waals surface area (Å²) in [6.07, 6.45) is 5.01. The van der Waals surface area contributed by atoms with Crippen LogP contribution in [0.3, 0.4) is 0 Å². The Balaban J connectivity index is 1.65. The van der Waals surface area contributed by atoms with Gasteiger partial charge in [0.05, 0.1) is 23.7 Å². The first-order valence-corrected chi connectivity index (χ1v) is 10.0. The molecule has 0 radical (unpaired) electrons. The fourth-order valence-electron chi connectivity index (χ4n) is 4.52. The smallest absolute Gasteiger partial charge is 0.123 e. The quantitative estimate of drug-likeness (QED) is 0.619. The minimum Gasteiger partial charge on any atom is -0.388 e. The van der Waals surface area contributed by atoms with Crippen LogP contribution in [-0.2, 0) is 6.42 Å². The number of aliphatic hydroxyl groups excluding tert-OH is 1. The first kappa shape index (κ1) is 19.6. The molecule has 0 bridgehead atoms. The number of allylic oxidation sites excluding steroid dienone is 1. The molecule has 3 aromatic rings. The predicted octanol–water partition coefficient (Wildman–Crippen LogP) is 5.72. The lowest BCUT2D eigenvalue weighted by molar-refractivity contribution is 0.120. The largest absolute Gasteiger partial charge is 0.388 e. The molecule has 4 heteroatoms. The third kappa shape index (κ3) is 3.53. The maximum atomic E-state index is 13.3. The molecule has 0 saturated carbocycles. The van der Waals surface area contributed by atoms with E-state index in [1.807, 2.05) is 16.9 Å². The van der Waals surface area contributed by atoms with E-state index in [1.165, 1.54) is 17.7 Å². The molecule has 150 valence electrons. The molecular weight excluding hydrogens is 363 g/mol. The van der Waals surface area contributed by atoms with Crippen molar-refractivity contribution in [1.82, 2.24) is 9.78 Å². The Bertz CT molecular complexity index is 1060. The normalized spacial score (nSPS) is 19.6. The molecule has 0 aliphatic heterocycles. The van der Waals surface area contributed by atoms with Gasteiger partial charge in [0.1, 0.15) is 5.82 Å². The van der Waals surface area contributed by atoms with E-state index in [9.17, 15) is 9.50 Å². The van der Waals surface area contributed by atoms with E-state index in [0.717, 1.165) is 40.1 Å². The summed E-state index contributed by atoms with van der Waals surface area (Å²) < 4.78 is 15.1. The van der Waals surface area contributed by atoms with E-state index in [2.05, 4.69) is 51.0 Å². The topological polar surface area (TPSA) is 38.0 Å². The van der Waals surface area contributed by atoms with Gasteiger partial charge in [-0.25, -0.2) is 9.07 Å². The number of nitrogens with zero attached hydrogens (tertiary/aromatic N) is 2. The minimum atomic E-state index is -0.516. The Hall–Kier alpha value is -2.72. The van der Waals surface area contributed by atoms with Gasteiger partial charge in [0, 0.05) is 0 Å². The monoisotopic (exact) mass is 390 g/mol. The number of aliphatic hydroxyl groups is 1. The molecule has 2 atom stereocenters. The van der Waals surface area contributed by atoms with Crippen molar-refractivity contribution in [3.05, 3.63) is 88.0 Å². The van der Waals surface area contributed by atoms with Crippen LogP contribution in [0, 0.1) is 25.1 Å². The first-order valence-electron chi connectivity index (χ1n) is 10.0. The molecule has 0 amide bonds. The number of hydrogen-bond donors (Lipinski definition) is 1. The maximum Gasteiger partial charge on any atom is 0.123 e. The van der Waals surface area contributed by atoms with Crippen LogP contribution in [-0.4, -0.2) is 14.9 Å². The van der Waals surface area contributed by atoms with E-state index in [0.29, 0.717) is 6.42 Å². The zero-order chi connectivity index (χ0) is 20.8. The average molecular weight is 391 g/mol. The molecule has 0 saturated heterocycles. The predicted molar refractivity (Wildman–Crippen MR) is 114 cm³/mol. The summed E-state index contributed by atoms with van der Waals surface area (Å²) in [6, 6.07) is 12.5. The summed E-state index contributed by atoms with van der Waals surface area (Å²) in [4.78, 5) is 0. The standard InChI is InChI=1S/C25H27FN2O/c1-16-6-5-7-17(2)24(16)23(29)14-25(4)13-19-15-27-28(22(19)12-18(25)3)21-10-8-20(26)9-11-21/h5-12,15,23,29H,13-14H2,1-4H3/t23?,25-/m1/s1. The SMILES string of the molecule is CC1=Cc2c(cnn2-c2ccc(F)cc2)C[C@]1(C)CC(O)c1c(C)cccc1C. The summed E-state index contributed by atoms with van der Waals surface area (Å²) in [7, 11) is 0. The molecule has 1 N–H and O–H groups in total. The van der Waals surface area contributed by atoms with Gasteiger partial charge in [0.25, 0.3) is 0 Å². The van der Waals surface area contributed by atoms with Crippen molar-refractivity contribution in [3.8, 4) is 5.69 Å². The van der Waals surface area contributed by atoms with Crippen LogP contribution >= 0.6 is 0 Å². The van der Waals surface area contributed by atoms with E-state index >= 15 is 0 Å². The number of aryl methyl sites for hydroxylation is 2. The lowest BCUT2D eigenvalue weighted by atomic mass is 9.69. The highest BCUT2D eigenvalue weighted by atomic mass is 19.1. The number of hydrogen-bond acceptors (Lipinski definition) is 2. The zero-order valence-corrected chi connectivity index (χ0v) is 17.4. The summed E-state index contributed by atoms with van der Waals surface area (Å²) in [5.74, 6) is -0.255. The Labute approximate surface area is 171 Å². The maximum absolute atomic E-state index is 13.3. The molecule has 1 aromatic heterocycles. The molecule has 0 spiro atoms. The summed E-state index contributed by atoms with van der Waals surface area (Å²) >= 11 is 0. The van der Waals surface area contributed by atoms with E-state index < -0.39 is 6.10 Å². The van der Waals surface area contributed by atoms with Crippen molar-refractivity contribution < 1.29 is 9.50 Å². The molecular formula is C25H27FN2O. The third-order valence-electron chi connectivity index (χ3n) is 6.36. The lowest BCUT2D eigenvalue weighted by Crippen LogP contribution is -2.27. The fourth-order valence-corrected chi connectivity index (χ4v) is 4.52. The minimum absolute atomic E-state index is 0.155. The highest BCUT2D eigenvalue weighted by Crippen LogP contribution is 2.45. The highest BCUT2D eigenvalue weighted by Gasteiger charge is 2.35. The van der Waals surface area contributed by atoms with Gasteiger partial charge in [-0.05, 0) is 91.6 Å². The van der Waals surface area contributed by atoms with Gasteiger partial charge in [-0.3, -0.25) is 0 Å². The fraction of sp³-hybridized carbons (Fsp3) is 0.320. The average Bonchev–Trinajstić information content (AvgIpc) is 3.04. The lowest BCUT2D eigenvalue weighted by Gasteiger charge is -2.36. The molecule has 2 aromatic carbocycles. The van der Waals surface area contributed by atoms with Crippen LogP contribution in [0.1, 0.15) is 54.3 Å². The molecule has 3 nitrogen and oxygen atoms in total. The van der Waals surface area contributed by atoms with E-state index in [-0.39, 0.29) is 11.2 Å². The summed E-state index contributed by atoms with van der Waals surface area (Å²) in [5, 5.41) is 15.6. The van der Waals surface area contributed by atoms with Crippen LogP contribution in [0.4, 0.5) is 4.39 Å². The van der Waals surface area contributed by atoms with Gasteiger partial charge in [-0.2, -0.15) is 5.10 Å². The van der Waals surface area contributed by atoms with Gasteiger partial charge < -0.3 is 5.11 Å². The van der Waals surface area contributed by atoms with Crippen LogP contribution < -0.4 is 0 Å². The molecule has 29 heavy (non-hydrogen) atoms. The van der Waals surface area contributed by atoms with E-state index in [1.54, 1.807) is 12.1 Å². The van der Waals surface area contributed by atoms with Crippen molar-refractivity contribution in [1.29, 1.82) is 0 Å². The van der Waals surface area contributed by atoms with Gasteiger partial charge in [0.15, 0.2) is 0 Å². The second kappa shape index (κ2) is 7.27. The second-order valence-electron chi connectivity index (χ2n) is 8.53. The van der Waals surface area contributed by atoms with Crippen LogP contribution in [0.5, 0.6) is 0 Å². The molecule has 0 fully saturated rings. The Kier molecular flexibility index (Phi) is 4.91. The van der Waals surface area contributed by atoms with Crippen molar-refractivity contribution in [2.24, 2.45) is 5.41 Å². The molecule has 4 rings (SSSR count). The van der Waals surface area contributed by atoms with Crippen LogP contribution in [0.15, 0.2) is 54.2 Å². The van der Waals surface area contributed by atoms with Crippen LogP contribution in [0.2, 0.25) is 0 Å². The molecule has 1 aliphatic carbocycles. The Morgan fingerprint density at radius 3 is 2.41 bits per heavy atom. The third-order valence-corrected chi connectivity index (χ3v) is 6.36. The highest BCUT2D eigenvalue weighted by molar-refractivity contribution is 5.60. The van der Waals surface area contributed by atoms with Crippen molar-refractivity contribution in [3.63, 3.8) is 0 Å². The van der Waals surface area contributed by atoms with Crippen molar-refractivity contribution in [2.75, 3.05) is 0 Å².